The molecule has 15 fully saturated rings. The van der Waals surface area contributed by atoms with Gasteiger partial charge in [-0.25, -0.2) is 0 Å². The number of hydrogen-bond donors (Lipinski definition) is 1. The van der Waals surface area contributed by atoms with Crippen LogP contribution in [-0.2, 0) is 47.6 Å². The molecular formula is C72H120BrIK2MgO12. The third-order valence-corrected chi connectivity index (χ3v) is 29.6. The fourth-order valence-corrected chi connectivity index (χ4v) is 25.3. The average Bonchev–Trinajstić information content (AvgIpc) is 1.60. The second kappa shape index (κ2) is 29.8. The van der Waals surface area contributed by atoms with Gasteiger partial charge in [0.1, 0.15) is 5.78 Å². The molecule has 3 aliphatic heterocycles. The first kappa shape index (κ1) is 82.0. The first-order valence-corrected chi connectivity index (χ1v) is 36.6. The molecule has 3 heterocycles. The van der Waals surface area contributed by atoms with Crippen molar-refractivity contribution in [1.82, 2.24) is 0 Å². The number of methoxy groups -OCH3 is 1. The predicted molar refractivity (Wildman–Crippen MR) is 344 cm³/mol. The molecule has 26 atom stereocenters. The van der Waals surface area contributed by atoms with E-state index in [4.69, 9.17) is 43.2 Å². The minimum Gasteiger partial charge on any atom is -1.00 e. The van der Waals surface area contributed by atoms with Crippen molar-refractivity contribution in [3.63, 3.8) is 0 Å². The van der Waals surface area contributed by atoms with Crippen molar-refractivity contribution < 1.29 is 179 Å². The zero-order valence-electron chi connectivity index (χ0n) is 60.3. The Balaban J connectivity index is 0.000000228. The normalized spacial score (nSPS) is 51.8. The Labute approximate surface area is 667 Å². The van der Waals surface area contributed by atoms with Crippen molar-refractivity contribution in [2.75, 3.05) is 12.0 Å². The molecule has 0 radical (unpaired) electrons. The summed E-state index contributed by atoms with van der Waals surface area (Å²) in [4.78, 5) is 25.9. The number of aliphatic hydroxyl groups is 1. The number of carbonyl (C=O) groups is 2. The Kier molecular flexibility index (Phi) is 27.4. The SMILES string of the molecule is CC1(C)O[C@@H]2C3C(CC[C@@]4(C)C3CC[C@]4(C)O)[C@@]3(C)CCCCC3[C@H]2O1.CC1(C)O[C@@H]2C3C(CC[C@]4(C)C(=O)CCC34)[C@@]3(C)CCCCC3[C@H]2O1.CI.CO[C@@]1(C)CCC2C3C(CC[C@@]21C)[C@@]1(C)CCCCC1[C@H]1OC(C)(C)O[C@H]31.O=CO[O-].[Br-].[CH3-].[H-].[K+].[K+].[Mg+2]. The van der Waals surface area contributed by atoms with Crippen molar-refractivity contribution in [3.8, 4) is 0 Å². The second-order valence-corrected chi connectivity index (χ2v) is 33.9. The molecule has 498 valence electrons. The summed E-state index contributed by atoms with van der Waals surface area (Å²) >= 11 is 2.15. The molecule has 0 aromatic heterocycles. The number of carbonyl (C=O) groups excluding carboxylic acids is 2. The maximum Gasteiger partial charge on any atom is 2.00 e. The molecule has 0 aromatic rings. The number of rotatable bonds is 2. The van der Waals surface area contributed by atoms with Gasteiger partial charge < -0.3 is 74.2 Å². The topological polar surface area (TPSA) is 151 Å². The molecule has 3 saturated heterocycles. The van der Waals surface area contributed by atoms with Crippen molar-refractivity contribution in [2.24, 2.45) is 104 Å². The first-order valence-electron chi connectivity index (χ1n) is 34.4. The summed E-state index contributed by atoms with van der Waals surface area (Å²) in [5.74, 6) is 6.81. The van der Waals surface area contributed by atoms with E-state index < -0.39 is 23.0 Å². The molecule has 89 heavy (non-hydrogen) atoms. The van der Waals surface area contributed by atoms with E-state index in [1.807, 2.05) is 12.0 Å². The van der Waals surface area contributed by atoms with Crippen molar-refractivity contribution in [1.29, 1.82) is 0 Å². The maximum absolute atomic E-state index is 12.7. The van der Waals surface area contributed by atoms with Gasteiger partial charge in [-0.1, -0.05) is 103 Å². The van der Waals surface area contributed by atoms with Crippen LogP contribution in [0.4, 0.5) is 0 Å². The minimum atomic E-state index is -0.530. The molecule has 0 bridgehead atoms. The van der Waals surface area contributed by atoms with Crippen LogP contribution < -0.4 is 125 Å². The fraction of sp³-hybridized carbons (Fsp3) is 0.958. The molecule has 12 unspecified atom stereocenters. The number of ether oxygens (including phenoxy) is 7. The second-order valence-electron chi connectivity index (χ2n) is 33.9. The molecule has 12 aliphatic carbocycles. The Hall–Kier alpha value is 4.03. The number of Topliss-reactive ketones (excluding diaryl/α,β-unsaturated/α-hetero) is 1. The van der Waals surface area contributed by atoms with Gasteiger partial charge in [0.25, 0.3) is 6.47 Å². The van der Waals surface area contributed by atoms with E-state index in [9.17, 15) is 9.90 Å². The molecule has 0 aromatic carbocycles. The van der Waals surface area contributed by atoms with Crippen molar-refractivity contribution in [3.05, 3.63) is 7.43 Å². The monoisotopic (exact) mass is 1480 g/mol. The Morgan fingerprint density at radius 2 is 0.798 bits per heavy atom. The number of hydrogen-bond acceptors (Lipinski definition) is 12. The summed E-state index contributed by atoms with van der Waals surface area (Å²) in [7, 11) is 1.93. The average molecular weight is 1490 g/mol. The molecule has 12 saturated carbocycles. The summed E-state index contributed by atoms with van der Waals surface area (Å²) in [5.41, 5.74) is 0.883. The summed E-state index contributed by atoms with van der Waals surface area (Å²) < 4.78 is 45.8. The van der Waals surface area contributed by atoms with Crippen LogP contribution in [0.2, 0.25) is 0 Å². The van der Waals surface area contributed by atoms with Crippen molar-refractivity contribution >= 4 is 57.9 Å². The van der Waals surface area contributed by atoms with Crippen LogP contribution in [0.1, 0.15) is 252 Å². The summed E-state index contributed by atoms with van der Waals surface area (Å²) in [6, 6.07) is 0. The van der Waals surface area contributed by atoms with Crippen LogP contribution in [0.3, 0.4) is 0 Å². The van der Waals surface area contributed by atoms with E-state index >= 15 is 0 Å². The molecule has 12 nitrogen and oxygen atoms in total. The summed E-state index contributed by atoms with van der Waals surface area (Å²) in [6.45, 7) is 31.8. The molecule has 15 rings (SSSR count). The number of fused-ring (bicyclic) bond motifs is 24. The van der Waals surface area contributed by atoms with Crippen molar-refractivity contribution in [2.45, 2.75) is 316 Å². The Morgan fingerprint density at radius 3 is 1.18 bits per heavy atom. The number of ketones is 1. The Bertz CT molecular complexity index is 2430. The summed E-state index contributed by atoms with van der Waals surface area (Å²) in [6.07, 6.45) is 31.5. The van der Waals surface area contributed by atoms with E-state index in [0.717, 1.165) is 43.9 Å². The van der Waals surface area contributed by atoms with Gasteiger partial charge in [-0.3, -0.25) is 9.59 Å². The van der Waals surface area contributed by atoms with Gasteiger partial charge in [-0.05, 0) is 268 Å². The van der Waals surface area contributed by atoms with Gasteiger partial charge in [-0.15, -0.1) is 0 Å². The Morgan fingerprint density at radius 1 is 0.472 bits per heavy atom. The van der Waals surface area contributed by atoms with Gasteiger partial charge in [0, 0.05) is 18.9 Å². The van der Waals surface area contributed by atoms with Crippen LogP contribution in [0.25, 0.3) is 0 Å². The zero-order chi connectivity index (χ0) is 60.8. The van der Waals surface area contributed by atoms with Gasteiger partial charge in [0.15, 0.2) is 17.4 Å². The van der Waals surface area contributed by atoms with E-state index in [1.165, 1.54) is 122 Å². The van der Waals surface area contributed by atoms with Crippen LogP contribution >= 0.6 is 22.6 Å². The molecule has 15 aliphatic rings. The molecule has 0 spiro atoms. The minimum absolute atomic E-state index is 0. The number of halogens is 2. The molecule has 0 amide bonds. The maximum atomic E-state index is 12.7. The largest absolute Gasteiger partial charge is 2.00 e. The molecule has 1 N–H and O–H groups in total. The van der Waals surface area contributed by atoms with Gasteiger partial charge in [-0.2, -0.15) is 0 Å². The van der Waals surface area contributed by atoms with Crippen LogP contribution in [0.5, 0.6) is 0 Å². The standard InChI is InChI=1S/C24H40O3.C23H38O3.C22H34O3.CH3I.CH2O3.CH3.BrH.2K.Mg.H/c1-21(2)26-19-17-9-7-8-12-22(17,3)15-10-13-23(4)16(18(15)20(19)27-21)11-14-24(23,5)25-6;1-20(2)25-18-16-8-6-7-11-21(16,3)14-9-12-22(4)15(10-13-23(22,5)24)17(14)19(18)26-20;1-20(2)24-18-15-7-5-6-11-21(15,3)14-10-12-22(4)13(8-9-16(22)23)17(14)19(18)25-20;1-2;2-1-4-3;;;;;;/h15-20H,7-14H2,1-6H3;14-19,24H,6-13H2,1-5H3;13-15,17-19H,5-12H2,1-4H3;1H3;1,3H;1H3;1H;;;;/q;;;;;-1;;2*+1;+2;-1/p-2/t15?,16?,17?,18?,19-,20-,22-,23+,24+;14?,15?,16?,17?,18-,19-,21-,22+,23+;13?,14?,15?,17?,18-,19-,21-,22+;;;;;;;;/m111......../s1. The number of alkyl halides is 1. The first-order chi connectivity index (χ1) is 39.4. The van der Waals surface area contributed by atoms with E-state index in [1.54, 1.807) is 0 Å². The quantitative estimate of drug-likeness (QED) is 0.0669. The third-order valence-electron chi connectivity index (χ3n) is 29.6. The smallest absolute Gasteiger partial charge is 1.00 e. The van der Waals surface area contributed by atoms with Crippen LogP contribution in [0.15, 0.2) is 0 Å². The van der Waals surface area contributed by atoms with E-state index in [-0.39, 0.29) is 210 Å². The zero-order valence-corrected chi connectivity index (χ0v) is 70.7. The van der Waals surface area contributed by atoms with Crippen LogP contribution in [0, 0.1) is 111 Å². The third kappa shape index (κ3) is 13.5. The van der Waals surface area contributed by atoms with E-state index in [2.05, 4.69) is 124 Å². The van der Waals surface area contributed by atoms with Gasteiger partial charge >= 0.3 is 126 Å². The van der Waals surface area contributed by atoms with Gasteiger partial charge in [0.2, 0.25) is 0 Å². The van der Waals surface area contributed by atoms with Gasteiger partial charge in [0.05, 0.1) is 47.8 Å². The summed E-state index contributed by atoms with van der Waals surface area (Å²) in [5, 5.41) is 19.6. The molecule has 17 heteroatoms. The molecular weight excluding hydrogens is 1370 g/mol. The fourth-order valence-electron chi connectivity index (χ4n) is 25.3. The van der Waals surface area contributed by atoms with Crippen LogP contribution in [-0.4, -0.2) is 118 Å². The van der Waals surface area contributed by atoms with E-state index in [0.29, 0.717) is 87.3 Å². The predicted octanol–water partition coefficient (Wildman–Crippen LogP) is 5.88.